The predicted molar refractivity (Wildman–Crippen MR) is 52.4 cm³/mol. The Morgan fingerprint density at radius 2 is 2.36 bits per heavy atom. The number of rotatable bonds is 2. The molecule has 1 atom stereocenters. The summed E-state index contributed by atoms with van der Waals surface area (Å²) in [5.74, 6) is 0. The van der Waals surface area contributed by atoms with E-state index >= 15 is 0 Å². The molecule has 5 nitrogen and oxygen atoms in total. The number of carbonyl (C=O) groups excluding carboxylic acids is 1. The Kier molecular flexibility index (Phi) is 2.12. The van der Waals surface area contributed by atoms with Crippen molar-refractivity contribution in [3.8, 4) is 0 Å². The van der Waals surface area contributed by atoms with E-state index in [1.807, 2.05) is 0 Å². The molecule has 0 saturated heterocycles. The lowest BCUT2D eigenvalue weighted by Crippen LogP contribution is -2.10. The van der Waals surface area contributed by atoms with Gasteiger partial charge >= 0.3 is 0 Å². The zero-order valence-electron chi connectivity index (χ0n) is 6.97. The summed E-state index contributed by atoms with van der Waals surface area (Å²) in [6.45, 7) is 0. The van der Waals surface area contributed by atoms with E-state index < -0.39 is 10.3 Å². The number of nitrogens with one attached hydrogen (secondary N) is 1. The van der Waals surface area contributed by atoms with Gasteiger partial charge in [0.2, 0.25) is 0 Å². The molecule has 0 aliphatic carbocycles. The second-order valence-electron chi connectivity index (χ2n) is 2.73. The van der Waals surface area contributed by atoms with Crippen molar-refractivity contribution in [3.63, 3.8) is 0 Å². The van der Waals surface area contributed by atoms with Crippen molar-refractivity contribution in [2.75, 3.05) is 5.32 Å². The molecule has 1 aromatic carbocycles. The summed E-state index contributed by atoms with van der Waals surface area (Å²) in [5, 5.41) is 13.1. The Morgan fingerprint density at radius 1 is 1.57 bits per heavy atom. The van der Waals surface area contributed by atoms with Crippen molar-refractivity contribution in [2.24, 2.45) is 0 Å². The average Bonchev–Trinajstić information content (AvgIpc) is 2.59. The molecular weight excluding hydrogens is 204 g/mol. The van der Waals surface area contributed by atoms with Gasteiger partial charge in [-0.1, -0.05) is 17.8 Å². The zero-order chi connectivity index (χ0) is 10.1. The van der Waals surface area contributed by atoms with Gasteiger partial charge in [0.25, 0.3) is 5.69 Å². The van der Waals surface area contributed by atoms with E-state index in [0.29, 0.717) is 10.6 Å². The lowest BCUT2D eigenvalue weighted by atomic mass is 10.3. The van der Waals surface area contributed by atoms with Gasteiger partial charge in [-0.15, -0.1) is 0 Å². The summed E-state index contributed by atoms with van der Waals surface area (Å²) in [6, 6.07) is 4.75. The molecular formula is C8H6N2O3S. The molecule has 0 aromatic heterocycles. The van der Waals surface area contributed by atoms with Crippen molar-refractivity contribution in [3.05, 3.63) is 28.3 Å². The molecule has 0 amide bonds. The Bertz CT molecular complexity index is 408. The highest BCUT2D eigenvalue weighted by atomic mass is 32.2. The fraction of sp³-hybridized carbons (Fsp3) is 0.125. The Hall–Kier alpha value is -1.56. The SMILES string of the molecule is O=CC1Nc2cccc([N+](=O)[O-])c2S1. The molecule has 6 heteroatoms. The fourth-order valence-electron chi connectivity index (χ4n) is 1.28. The summed E-state index contributed by atoms with van der Waals surface area (Å²) in [4.78, 5) is 21.2. The maximum absolute atomic E-state index is 10.6. The number of hydrogen-bond donors (Lipinski definition) is 1. The third-order valence-corrected chi connectivity index (χ3v) is 3.00. The van der Waals surface area contributed by atoms with Crippen LogP contribution in [0.15, 0.2) is 23.1 Å². The smallest absolute Gasteiger partial charge is 0.285 e. The topological polar surface area (TPSA) is 72.2 Å². The van der Waals surface area contributed by atoms with E-state index in [1.54, 1.807) is 12.1 Å². The highest BCUT2D eigenvalue weighted by Crippen LogP contribution is 2.43. The molecule has 1 aliphatic rings. The minimum absolute atomic E-state index is 0.0457. The second kappa shape index (κ2) is 3.30. The van der Waals surface area contributed by atoms with Crippen LogP contribution in [0.25, 0.3) is 0 Å². The Balaban J connectivity index is 2.46. The molecule has 1 heterocycles. The van der Waals surface area contributed by atoms with Crippen molar-refractivity contribution < 1.29 is 9.72 Å². The molecule has 0 saturated carbocycles. The number of fused-ring (bicyclic) bond motifs is 1. The molecule has 0 spiro atoms. The molecule has 1 aromatic rings. The lowest BCUT2D eigenvalue weighted by Gasteiger charge is -1.98. The van der Waals surface area contributed by atoms with E-state index in [9.17, 15) is 14.9 Å². The second-order valence-corrected chi connectivity index (χ2v) is 3.88. The van der Waals surface area contributed by atoms with Gasteiger partial charge in [0.1, 0.15) is 10.3 Å². The molecule has 1 unspecified atom stereocenters. The maximum atomic E-state index is 10.6. The first-order valence-electron chi connectivity index (χ1n) is 3.88. The van der Waals surface area contributed by atoms with Crippen LogP contribution in [0.1, 0.15) is 0 Å². The van der Waals surface area contributed by atoms with Crippen molar-refractivity contribution in [1.29, 1.82) is 0 Å². The molecule has 1 N–H and O–H groups in total. The Morgan fingerprint density at radius 3 is 3.00 bits per heavy atom. The number of thioether (sulfide) groups is 1. The summed E-state index contributed by atoms with van der Waals surface area (Å²) >= 11 is 1.17. The van der Waals surface area contributed by atoms with Gasteiger partial charge in [-0.2, -0.15) is 0 Å². The minimum Gasteiger partial charge on any atom is -0.366 e. The van der Waals surface area contributed by atoms with Gasteiger partial charge in [-0.25, -0.2) is 0 Å². The number of benzene rings is 1. The maximum Gasteiger partial charge on any atom is 0.285 e. The molecule has 0 bridgehead atoms. The normalized spacial score (nSPS) is 18.4. The van der Waals surface area contributed by atoms with Crippen LogP contribution in [0.4, 0.5) is 11.4 Å². The fourth-order valence-corrected chi connectivity index (χ4v) is 2.29. The molecule has 14 heavy (non-hydrogen) atoms. The third kappa shape index (κ3) is 1.33. The van der Waals surface area contributed by atoms with E-state index in [0.717, 1.165) is 6.29 Å². The van der Waals surface area contributed by atoms with Gasteiger partial charge in [0.05, 0.1) is 10.6 Å². The first-order valence-corrected chi connectivity index (χ1v) is 4.76. The van der Waals surface area contributed by atoms with Crippen LogP contribution in [-0.2, 0) is 4.79 Å². The van der Waals surface area contributed by atoms with Crippen LogP contribution in [0, 0.1) is 10.1 Å². The van der Waals surface area contributed by atoms with Crippen LogP contribution < -0.4 is 5.32 Å². The molecule has 0 radical (unpaired) electrons. The highest BCUT2D eigenvalue weighted by Gasteiger charge is 2.27. The number of anilines is 1. The summed E-state index contributed by atoms with van der Waals surface area (Å²) in [5.41, 5.74) is 0.700. The van der Waals surface area contributed by atoms with E-state index in [-0.39, 0.29) is 5.69 Å². The number of aldehydes is 1. The van der Waals surface area contributed by atoms with Gasteiger partial charge < -0.3 is 10.1 Å². The largest absolute Gasteiger partial charge is 0.366 e. The van der Waals surface area contributed by atoms with E-state index in [1.165, 1.54) is 17.8 Å². The molecule has 1 aliphatic heterocycles. The molecule has 72 valence electrons. The average molecular weight is 210 g/mol. The van der Waals surface area contributed by atoms with Crippen molar-refractivity contribution in [2.45, 2.75) is 10.3 Å². The summed E-state index contributed by atoms with van der Waals surface area (Å²) in [6.07, 6.45) is 0.731. The molecule has 2 rings (SSSR count). The number of nitro groups is 1. The van der Waals surface area contributed by atoms with Gasteiger partial charge in [-0.05, 0) is 6.07 Å². The first kappa shape index (κ1) is 9.01. The van der Waals surface area contributed by atoms with Crippen LogP contribution in [0.3, 0.4) is 0 Å². The molecule has 0 fully saturated rings. The van der Waals surface area contributed by atoms with Gasteiger partial charge in [0, 0.05) is 6.07 Å². The number of nitro benzene ring substituents is 1. The van der Waals surface area contributed by atoms with Crippen LogP contribution >= 0.6 is 11.8 Å². The third-order valence-electron chi connectivity index (χ3n) is 1.86. The summed E-state index contributed by atoms with van der Waals surface area (Å²) in [7, 11) is 0. The quantitative estimate of drug-likeness (QED) is 0.456. The van der Waals surface area contributed by atoms with E-state index in [2.05, 4.69) is 5.32 Å². The monoisotopic (exact) mass is 210 g/mol. The van der Waals surface area contributed by atoms with Crippen LogP contribution in [-0.4, -0.2) is 16.6 Å². The predicted octanol–water partition coefficient (Wildman–Crippen LogP) is 1.64. The van der Waals surface area contributed by atoms with Gasteiger partial charge in [-0.3, -0.25) is 10.1 Å². The standard InChI is InChI=1S/C8H6N2O3S/c11-4-7-9-5-2-1-3-6(10(12)13)8(5)14-7/h1-4,7,9H. The summed E-state index contributed by atoms with van der Waals surface area (Å²) < 4.78 is 0. The number of hydrogen-bond acceptors (Lipinski definition) is 5. The highest BCUT2D eigenvalue weighted by molar-refractivity contribution is 8.01. The van der Waals surface area contributed by atoms with E-state index in [4.69, 9.17) is 0 Å². The number of carbonyl (C=O) groups is 1. The van der Waals surface area contributed by atoms with Gasteiger partial charge in [0.15, 0.2) is 6.29 Å². The minimum atomic E-state index is -0.444. The van der Waals surface area contributed by atoms with Crippen LogP contribution in [0.5, 0.6) is 0 Å². The van der Waals surface area contributed by atoms with Crippen molar-refractivity contribution >= 4 is 29.4 Å². The number of nitrogens with zero attached hydrogens (tertiary/aromatic N) is 1. The zero-order valence-corrected chi connectivity index (χ0v) is 7.78. The Labute approximate surface area is 83.6 Å². The first-order chi connectivity index (χ1) is 6.72. The van der Waals surface area contributed by atoms with Crippen molar-refractivity contribution in [1.82, 2.24) is 0 Å². The lowest BCUT2D eigenvalue weighted by molar-refractivity contribution is -0.387. The van der Waals surface area contributed by atoms with Crippen LogP contribution in [0.2, 0.25) is 0 Å².